The van der Waals surface area contributed by atoms with Gasteiger partial charge in [0.25, 0.3) is 0 Å². The SMILES string of the molecule is Cc1cccc(N(C)CC2(C=O)CCOCC2)c1. The third-order valence-electron chi connectivity index (χ3n) is 3.73. The zero-order valence-electron chi connectivity index (χ0n) is 11.2. The van der Waals surface area contributed by atoms with Crippen LogP contribution in [0, 0.1) is 12.3 Å². The van der Waals surface area contributed by atoms with Crippen LogP contribution in [0.25, 0.3) is 0 Å². The maximum atomic E-state index is 11.4. The van der Waals surface area contributed by atoms with Crippen molar-refractivity contribution in [1.82, 2.24) is 0 Å². The number of hydrogen-bond donors (Lipinski definition) is 0. The van der Waals surface area contributed by atoms with Gasteiger partial charge in [-0.3, -0.25) is 0 Å². The summed E-state index contributed by atoms with van der Waals surface area (Å²) in [5.41, 5.74) is 2.17. The van der Waals surface area contributed by atoms with E-state index >= 15 is 0 Å². The van der Waals surface area contributed by atoms with Crippen molar-refractivity contribution >= 4 is 12.0 Å². The van der Waals surface area contributed by atoms with Crippen molar-refractivity contribution in [2.75, 3.05) is 31.7 Å². The molecule has 3 nitrogen and oxygen atoms in total. The van der Waals surface area contributed by atoms with Crippen molar-refractivity contribution in [2.24, 2.45) is 5.41 Å². The van der Waals surface area contributed by atoms with Crippen LogP contribution >= 0.6 is 0 Å². The molecule has 0 unspecified atom stereocenters. The lowest BCUT2D eigenvalue weighted by molar-refractivity contribution is -0.120. The zero-order chi connectivity index (χ0) is 13.0. The first-order valence-electron chi connectivity index (χ1n) is 6.47. The Morgan fingerprint density at radius 1 is 1.39 bits per heavy atom. The predicted octanol–water partition coefficient (Wildman–Crippen LogP) is 2.43. The van der Waals surface area contributed by atoms with Crippen LogP contribution in [0.15, 0.2) is 24.3 Å². The molecule has 1 saturated heterocycles. The number of anilines is 1. The monoisotopic (exact) mass is 247 g/mol. The fraction of sp³-hybridized carbons (Fsp3) is 0.533. The second kappa shape index (κ2) is 5.53. The first-order chi connectivity index (χ1) is 8.65. The molecule has 1 aromatic rings. The second-order valence-corrected chi connectivity index (χ2v) is 5.29. The number of aryl methyl sites for hydroxylation is 1. The molecular weight excluding hydrogens is 226 g/mol. The van der Waals surface area contributed by atoms with Crippen LogP contribution in [0.2, 0.25) is 0 Å². The number of nitrogens with zero attached hydrogens (tertiary/aromatic N) is 1. The average Bonchev–Trinajstić information content (AvgIpc) is 2.40. The highest BCUT2D eigenvalue weighted by atomic mass is 16.5. The fourth-order valence-electron chi connectivity index (χ4n) is 2.52. The average molecular weight is 247 g/mol. The first kappa shape index (κ1) is 13.1. The Morgan fingerprint density at radius 3 is 2.72 bits per heavy atom. The van der Waals surface area contributed by atoms with E-state index in [1.807, 2.05) is 0 Å². The lowest BCUT2D eigenvalue weighted by Gasteiger charge is -2.36. The Labute approximate surface area is 109 Å². The van der Waals surface area contributed by atoms with E-state index in [0.717, 1.165) is 25.7 Å². The highest BCUT2D eigenvalue weighted by Crippen LogP contribution is 2.30. The third-order valence-corrected chi connectivity index (χ3v) is 3.73. The van der Waals surface area contributed by atoms with Crippen molar-refractivity contribution in [2.45, 2.75) is 19.8 Å². The molecule has 0 amide bonds. The van der Waals surface area contributed by atoms with Crippen molar-refractivity contribution in [1.29, 1.82) is 0 Å². The highest BCUT2D eigenvalue weighted by molar-refractivity contribution is 5.62. The van der Waals surface area contributed by atoms with Gasteiger partial charge in [-0.2, -0.15) is 0 Å². The van der Waals surface area contributed by atoms with Gasteiger partial charge in [0.15, 0.2) is 0 Å². The summed E-state index contributed by atoms with van der Waals surface area (Å²) in [6.07, 6.45) is 2.78. The van der Waals surface area contributed by atoms with Gasteiger partial charge in [0, 0.05) is 37.9 Å². The second-order valence-electron chi connectivity index (χ2n) is 5.29. The molecule has 1 fully saturated rings. The van der Waals surface area contributed by atoms with Gasteiger partial charge in [0.1, 0.15) is 6.29 Å². The van der Waals surface area contributed by atoms with Gasteiger partial charge < -0.3 is 14.4 Å². The van der Waals surface area contributed by atoms with Crippen LogP contribution in [0.4, 0.5) is 5.69 Å². The number of ether oxygens (including phenoxy) is 1. The molecule has 18 heavy (non-hydrogen) atoms. The Balaban J connectivity index is 2.09. The number of rotatable bonds is 4. The molecule has 0 atom stereocenters. The van der Waals surface area contributed by atoms with Crippen LogP contribution in [-0.2, 0) is 9.53 Å². The molecule has 3 heteroatoms. The molecule has 0 aromatic heterocycles. The fourth-order valence-corrected chi connectivity index (χ4v) is 2.52. The van der Waals surface area contributed by atoms with Gasteiger partial charge in [0.2, 0.25) is 0 Å². The Bertz CT molecular complexity index is 411. The molecule has 1 aliphatic heterocycles. The predicted molar refractivity (Wildman–Crippen MR) is 73.0 cm³/mol. The van der Waals surface area contributed by atoms with E-state index in [2.05, 4.69) is 43.1 Å². The van der Waals surface area contributed by atoms with Crippen molar-refractivity contribution < 1.29 is 9.53 Å². The minimum Gasteiger partial charge on any atom is -0.381 e. The molecule has 0 aliphatic carbocycles. The minimum atomic E-state index is -0.239. The molecule has 0 saturated carbocycles. The Kier molecular flexibility index (Phi) is 4.02. The van der Waals surface area contributed by atoms with E-state index in [0.29, 0.717) is 13.2 Å². The summed E-state index contributed by atoms with van der Waals surface area (Å²) < 4.78 is 5.36. The van der Waals surface area contributed by atoms with E-state index in [9.17, 15) is 4.79 Å². The number of benzene rings is 1. The lowest BCUT2D eigenvalue weighted by Crippen LogP contribution is -2.41. The maximum absolute atomic E-state index is 11.4. The van der Waals surface area contributed by atoms with Gasteiger partial charge in [-0.25, -0.2) is 0 Å². The van der Waals surface area contributed by atoms with E-state index < -0.39 is 0 Å². The Hall–Kier alpha value is -1.35. The van der Waals surface area contributed by atoms with Crippen LogP contribution < -0.4 is 4.90 Å². The van der Waals surface area contributed by atoms with E-state index in [-0.39, 0.29) is 5.41 Å². The first-order valence-corrected chi connectivity index (χ1v) is 6.47. The molecule has 1 heterocycles. The van der Waals surface area contributed by atoms with Crippen LogP contribution in [0.3, 0.4) is 0 Å². The maximum Gasteiger partial charge on any atom is 0.128 e. The largest absolute Gasteiger partial charge is 0.381 e. The summed E-state index contributed by atoms with van der Waals surface area (Å²) >= 11 is 0. The summed E-state index contributed by atoms with van der Waals surface area (Å²) in [6.45, 7) is 4.24. The normalized spacial score (nSPS) is 18.3. The van der Waals surface area contributed by atoms with Crippen molar-refractivity contribution in [3.8, 4) is 0 Å². The lowest BCUT2D eigenvalue weighted by atomic mass is 9.81. The number of carbonyl (C=O) groups is 1. The highest BCUT2D eigenvalue weighted by Gasteiger charge is 2.33. The van der Waals surface area contributed by atoms with Crippen LogP contribution in [0.5, 0.6) is 0 Å². The number of hydrogen-bond acceptors (Lipinski definition) is 3. The molecule has 1 aliphatic rings. The molecule has 98 valence electrons. The summed E-state index contributed by atoms with van der Waals surface area (Å²) in [5.74, 6) is 0. The smallest absolute Gasteiger partial charge is 0.128 e. The topological polar surface area (TPSA) is 29.5 Å². The number of aldehydes is 1. The van der Waals surface area contributed by atoms with Crippen molar-refractivity contribution in [3.05, 3.63) is 29.8 Å². The van der Waals surface area contributed by atoms with Gasteiger partial charge in [-0.05, 0) is 37.5 Å². The van der Waals surface area contributed by atoms with Crippen molar-refractivity contribution in [3.63, 3.8) is 0 Å². The zero-order valence-corrected chi connectivity index (χ0v) is 11.2. The minimum absolute atomic E-state index is 0.239. The molecule has 1 aromatic carbocycles. The summed E-state index contributed by atoms with van der Waals surface area (Å²) in [6, 6.07) is 8.38. The molecule has 0 N–H and O–H groups in total. The summed E-state index contributed by atoms with van der Waals surface area (Å²) in [5, 5.41) is 0. The van der Waals surface area contributed by atoms with Gasteiger partial charge in [0.05, 0.1) is 0 Å². The van der Waals surface area contributed by atoms with E-state index in [4.69, 9.17) is 4.74 Å². The third kappa shape index (κ3) is 2.91. The quantitative estimate of drug-likeness (QED) is 0.765. The van der Waals surface area contributed by atoms with Gasteiger partial charge in [-0.15, -0.1) is 0 Å². The molecule has 2 rings (SSSR count). The van der Waals surface area contributed by atoms with E-state index in [1.54, 1.807) is 0 Å². The standard InChI is InChI=1S/C15H21NO2/c1-13-4-3-5-14(10-13)16(2)11-15(12-17)6-8-18-9-7-15/h3-5,10,12H,6-9,11H2,1-2H3. The summed E-state index contributed by atoms with van der Waals surface area (Å²) in [4.78, 5) is 13.6. The summed E-state index contributed by atoms with van der Waals surface area (Å²) in [7, 11) is 2.05. The van der Waals surface area contributed by atoms with E-state index in [1.165, 1.54) is 11.3 Å². The van der Waals surface area contributed by atoms with Gasteiger partial charge in [-0.1, -0.05) is 12.1 Å². The molecule has 0 bridgehead atoms. The molecule has 0 spiro atoms. The van der Waals surface area contributed by atoms with Crippen LogP contribution in [0.1, 0.15) is 18.4 Å². The van der Waals surface area contributed by atoms with Crippen LogP contribution in [-0.4, -0.2) is 33.1 Å². The number of carbonyl (C=O) groups excluding carboxylic acids is 1. The van der Waals surface area contributed by atoms with Gasteiger partial charge >= 0.3 is 0 Å². The molecule has 0 radical (unpaired) electrons. The Morgan fingerprint density at radius 2 is 2.11 bits per heavy atom. The molecular formula is C15H21NO2.